The maximum absolute atomic E-state index is 12.7. The Morgan fingerprint density at radius 1 is 1.35 bits per heavy atom. The fourth-order valence-electron chi connectivity index (χ4n) is 2.92. The fourth-order valence-corrected chi connectivity index (χ4v) is 2.92. The van der Waals surface area contributed by atoms with Crippen LogP contribution in [0.2, 0.25) is 0 Å². The first-order chi connectivity index (χ1) is 11.0. The van der Waals surface area contributed by atoms with Gasteiger partial charge in [0.15, 0.2) is 11.6 Å². The smallest absolute Gasteiger partial charge is 0.169 e. The summed E-state index contributed by atoms with van der Waals surface area (Å²) in [5, 5.41) is 0. The number of hydrogen-bond donors (Lipinski definition) is 0. The highest BCUT2D eigenvalue weighted by molar-refractivity contribution is 6.15. The first-order valence-corrected chi connectivity index (χ1v) is 8.03. The van der Waals surface area contributed by atoms with Gasteiger partial charge in [0, 0.05) is 0 Å². The number of hydrogen-bond acceptors (Lipinski definition) is 3. The van der Waals surface area contributed by atoms with Gasteiger partial charge in [0.25, 0.3) is 0 Å². The van der Waals surface area contributed by atoms with E-state index >= 15 is 0 Å². The Morgan fingerprint density at radius 2 is 2.09 bits per heavy atom. The number of carbonyl (C=O) groups is 2. The Kier molecular flexibility index (Phi) is 5.54. The Hall–Kier alpha value is -2.16. The third kappa shape index (κ3) is 3.98. The van der Waals surface area contributed by atoms with E-state index in [1.54, 1.807) is 20.1 Å². The van der Waals surface area contributed by atoms with E-state index in [4.69, 9.17) is 4.74 Å². The maximum Gasteiger partial charge on any atom is 0.169 e. The summed E-state index contributed by atoms with van der Waals surface area (Å²) < 4.78 is 5.17. The van der Waals surface area contributed by atoms with Gasteiger partial charge in [-0.15, -0.1) is 0 Å². The third-order valence-electron chi connectivity index (χ3n) is 4.72. The molecule has 1 aliphatic rings. The van der Waals surface area contributed by atoms with E-state index in [1.165, 1.54) is 18.6 Å². The molecule has 122 valence electrons. The Bertz CT molecular complexity index is 626. The van der Waals surface area contributed by atoms with Crippen LogP contribution in [0.25, 0.3) is 6.08 Å². The van der Waals surface area contributed by atoms with Crippen molar-refractivity contribution in [2.75, 3.05) is 7.11 Å². The molecule has 0 heterocycles. The molecule has 0 saturated heterocycles. The third-order valence-corrected chi connectivity index (χ3v) is 4.72. The van der Waals surface area contributed by atoms with Gasteiger partial charge in [-0.2, -0.15) is 0 Å². The highest BCUT2D eigenvalue weighted by Crippen LogP contribution is 2.39. The lowest BCUT2D eigenvalue weighted by Crippen LogP contribution is -2.37. The van der Waals surface area contributed by atoms with Gasteiger partial charge in [-0.05, 0) is 49.1 Å². The fraction of sp³-hybridized carbons (Fsp3) is 0.400. The summed E-state index contributed by atoms with van der Waals surface area (Å²) >= 11 is 0. The summed E-state index contributed by atoms with van der Waals surface area (Å²) in [5.41, 5.74) is -0.128. The molecule has 0 aromatic heterocycles. The summed E-state index contributed by atoms with van der Waals surface area (Å²) in [7, 11) is 1.60. The molecule has 1 atom stereocenters. The number of ether oxygens (including phenoxy) is 1. The molecule has 0 amide bonds. The molecule has 3 nitrogen and oxygen atoms in total. The lowest BCUT2D eigenvalue weighted by atomic mass is 9.68. The molecule has 1 aromatic carbocycles. The molecule has 3 heteroatoms. The van der Waals surface area contributed by atoms with Crippen molar-refractivity contribution in [1.29, 1.82) is 0 Å². The molecule has 1 fully saturated rings. The van der Waals surface area contributed by atoms with Crippen molar-refractivity contribution in [2.45, 2.75) is 32.6 Å². The van der Waals surface area contributed by atoms with Crippen molar-refractivity contribution in [1.82, 2.24) is 0 Å². The predicted molar refractivity (Wildman–Crippen MR) is 92.3 cm³/mol. The van der Waals surface area contributed by atoms with Gasteiger partial charge < -0.3 is 4.74 Å². The molecule has 0 aliphatic heterocycles. The molecule has 1 saturated carbocycles. The summed E-state index contributed by atoms with van der Waals surface area (Å²) in [6.07, 6.45) is 8.53. The summed E-state index contributed by atoms with van der Waals surface area (Å²) in [6.45, 7) is 5.30. The highest BCUT2D eigenvalue weighted by atomic mass is 16.5. The summed E-state index contributed by atoms with van der Waals surface area (Å²) in [5.74, 6) is 0.860. The molecule has 0 N–H and O–H groups in total. The minimum atomic E-state index is -0.998. The average molecular weight is 312 g/mol. The van der Waals surface area contributed by atoms with E-state index in [-0.39, 0.29) is 11.6 Å². The van der Waals surface area contributed by atoms with Gasteiger partial charge in [0.2, 0.25) is 0 Å². The second kappa shape index (κ2) is 7.40. The number of benzene rings is 1. The van der Waals surface area contributed by atoms with Crippen molar-refractivity contribution < 1.29 is 14.3 Å². The quantitative estimate of drug-likeness (QED) is 0.533. The molecule has 0 bridgehead atoms. The number of rotatable bonds is 8. The number of carbonyl (C=O) groups excluding carboxylic acids is 2. The van der Waals surface area contributed by atoms with Crippen LogP contribution in [-0.2, 0) is 9.59 Å². The van der Waals surface area contributed by atoms with Crippen LogP contribution in [-0.4, -0.2) is 18.7 Å². The number of ketones is 2. The minimum absolute atomic E-state index is 0.155. The molecule has 1 aliphatic carbocycles. The molecule has 1 aromatic rings. The van der Waals surface area contributed by atoms with Crippen molar-refractivity contribution in [3.05, 3.63) is 48.6 Å². The Balaban J connectivity index is 2.17. The van der Waals surface area contributed by atoms with Crippen LogP contribution in [0.4, 0.5) is 0 Å². The van der Waals surface area contributed by atoms with Crippen LogP contribution in [0.5, 0.6) is 5.75 Å². The highest BCUT2D eigenvalue weighted by Gasteiger charge is 2.40. The lowest BCUT2D eigenvalue weighted by Gasteiger charge is -2.33. The second-order valence-corrected chi connectivity index (χ2v) is 6.38. The summed E-state index contributed by atoms with van der Waals surface area (Å²) in [6, 6.07) is 7.46. The monoisotopic (exact) mass is 312 g/mol. The van der Waals surface area contributed by atoms with Gasteiger partial charge in [-0.1, -0.05) is 44.1 Å². The largest absolute Gasteiger partial charge is 0.497 e. The van der Waals surface area contributed by atoms with Crippen LogP contribution in [0, 0.1) is 11.3 Å². The average Bonchev–Trinajstić information content (AvgIpc) is 2.55. The zero-order chi connectivity index (χ0) is 16.9. The predicted octanol–water partition coefficient (Wildman–Crippen LogP) is 4.23. The topological polar surface area (TPSA) is 43.4 Å². The van der Waals surface area contributed by atoms with Crippen molar-refractivity contribution in [2.24, 2.45) is 11.3 Å². The molecule has 23 heavy (non-hydrogen) atoms. The van der Waals surface area contributed by atoms with Crippen LogP contribution in [0.3, 0.4) is 0 Å². The standard InChI is InChI=1S/C20H24O3/c1-4-18(21)20(2,14-16-8-5-9-16)19(22)12-11-15-7-6-10-17(13-15)23-3/h4,6-7,10-13,16H,1,5,8-9,14H2,2-3H3/b12-11+. The van der Waals surface area contributed by atoms with Gasteiger partial charge >= 0.3 is 0 Å². The number of allylic oxidation sites excluding steroid dienone is 2. The van der Waals surface area contributed by atoms with E-state index < -0.39 is 5.41 Å². The zero-order valence-electron chi connectivity index (χ0n) is 13.9. The van der Waals surface area contributed by atoms with Crippen LogP contribution in [0.1, 0.15) is 38.2 Å². The van der Waals surface area contributed by atoms with Crippen molar-refractivity contribution in [3.8, 4) is 5.75 Å². The SMILES string of the molecule is C=CC(=O)C(C)(CC1CCC1)C(=O)/C=C/c1cccc(OC)c1. The normalized spacial score (nSPS) is 17.3. The van der Waals surface area contributed by atoms with Crippen LogP contribution in [0.15, 0.2) is 43.0 Å². The van der Waals surface area contributed by atoms with E-state index in [0.717, 1.165) is 24.2 Å². The van der Waals surface area contributed by atoms with Gasteiger partial charge in [0.05, 0.1) is 12.5 Å². The molecular formula is C20H24O3. The first kappa shape index (κ1) is 17.2. The van der Waals surface area contributed by atoms with E-state index in [0.29, 0.717) is 12.3 Å². The minimum Gasteiger partial charge on any atom is -0.497 e. The molecular weight excluding hydrogens is 288 g/mol. The molecule has 1 unspecified atom stereocenters. The van der Waals surface area contributed by atoms with Crippen LogP contribution >= 0.6 is 0 Å². The molecule has 0 spiro atoms. The van der Waals surface area contributed by atoms with Gasteiger partial charge in [-0.25, -0.2) is 0 Å². The van der Waals surface area contributed by atoms with Crippen LogP contribution < -0.4 is 4.74 Å². The first-order valence-electron chi connectivity index (χ1n) is 8.03. The van der Waals surface area contributed by atoms with E-state index in [2.05, 4.69) is 6.58 Å². The second-order valence-electron chi connectivity index (χ2n) is 6.38. The lowest BCUT2D eigenvalue weighted by molar-refractivity contribution is -0.135. The molecule has 0 radical (unpaired) electrons. The van der Waals surface area contributed by atoms with E-state index in [1.807, 2.05) is 24.3 Å². The summed E-state index contributed by atoms with van der Waals surface area (Å²) in [4.78, 5) is 25.0. The van der Waals surface area contributed by atoms with Crippen molar-refractivity contribution >= 4 is 17.6 Å². The zero-order valence-corrected chi connectivity index (χ0v) is 13.9. The van der Waals surface area contributed by atoms with Gasteiger partial charge in [0.1, 0.15) is 5.75 Å². The van der Waals surface area contributed by atoms with E-state index in [9.17, 15) is 9.59 Å². The maximum atomic E-state index is 12.7. The Morgan fingerprint density at radius 3 is 2.65 bits per heavy atom. The molecule has 2 rings (SSSR count). The van der Waals surface area contributed by atoms with Crippen molar-refractivity contribution in [3.63, 3.8) is 0 Å². The Labute approximate surface area is 138 Å². The number of methoxy groups -OCH3 is 1. The van der Waals surface area contributed by atoms with Gasteiger partial charge in [-0.3, -0.25) is 9.59 Å².